The maximum Gasteiger partial charge on any atom is 0.408 e. The van der Waals surface area contributed by atoms with E-state index in [0.717, 1.165) is 5.56 Å². The minimum absolute atomic E-state index is 0.0360. The fourth-order valence-corrected chi connectivity index (χ4v) is 10.3. The zero-order chi connectivity index (χ0) is 28.4. The SMILES string of the molecule is CC(C)[Si](O[C@H](CNC(=O)OCc1ccccc1)C[C@H](NC(=O)OC(C)(C)C)C(=O)O)(C(C)C)C(C)C. The van der Waals surface area contributed by atoms with Gasteiger partial charge in [0.15, 0.2) is 0 Å². The Morgan fingerprint density at radius 2 is 1.46 bits per heavy atom. The number of carbonyl (C=O) groups is 3. The van der Waals surface area contributed by atoms with Gasteiger partial charge in [-0.15, -0.1) is 0 Å². The molecule has 0 aliphatic heterocycles. The van der Waals surface area contributed by atoms with Crippen LogP contribution in [0.5, 0.6) is 0 Å². The van der Waals surface area contributed by atoms with Crippen molar-refractivity contribution in [3.63, 3.8) is 0 Å². The molecule has 2 atom stereocenters. The largest absolute Gasteiger partial charge is 0.480 e. The number of aliphatic carboxylic acids is 1. The molecule has 0 unspecified atom stereocenters. The van der Waals surface area contributed by atoms with Crippen molar-refractivity contribution in [2.75, 3.05) is 6.54 Å². The van der Waals surface area contributed by atoms with Gasteiger partial charge in [-0.25, -0.2) is 14.4 Å². The van der Waals surface area contributed by atoms with E-state index in [-0.39, 0.29) is 36.2 Å². The number of amides is 2. The molecule has 1 rings (SSSR count). The third kappa shape index (κ3) is 10.7. The number of ether oxygens (including phenoxy) is 2. The molecule has 0 heterocycles. The van der Waals surface area contributed by atoms with Crippen LogP contribution in [0.1, 0.15) is 74.3 Å². The van der Waals surface area contributed by atoms with Crippen molar-refractivity contribution >= 4 is 26.5 Å². The summed E-state index contributed by atoms with van der Waals surface area (Å²) in [5, 5.41) is 15.0. The lowest BCUT2D eigenvalue weighted by molar-refractivity contribution is -0.140. The molecule has 2 amide bonds. The Morgan fingerprint density at radius 3 is 1.92 bits per heavy atom. The number of carbonyl (C=O) groups excluding carboxylic acids is 2. The minimum Gasteiger partial charge on any atom is -0.480 e. The van der Waals surface area contributed by atoms with Crippen molar-refractivity contribution in [1.29, 1.82) is 0 Å². The monoisotopic (exact) mass is 538 g/mol. The number of alkyl carbamates (subject to hydrolysis) is 2. The maximum absolute atomic E-state index is 12.5. The predicted molar refractivity (Wildman–Crippen MR) is 146 cm³/mol. The van der Waals surface area contributed by atoms with E-state index in [1.165, 1.54) is 0 Å². The van der Waals surface area contributed by atoms with Crippen LogP contribution in [0.3, 0.4) is 0 Å². The Kier molecular flexibility index (Phi) is 12.6. The predicted octanol–water partition coefficient (Wildman–Crippen LogP) is 5.84. The highest BCUT2D eigenvalue weighted by molar-refractivity contribution is 6.77. The van der Waals surface area contributed by atoms with E-state index in [9.17, 15) is 19.5 Å². The second kappa shape index (κ2) is 14.4. The van der Waals surface area contributed by atoms with Crippen LogP contribution in [0.15, 0.2) is 30.3 Å². The number of carboxylic acid groups (broad SMARTS) is 1. The van der Waals surface area contributed by atoms with Crippen LogP contribution in [-0.4, -0.2) is 55.9 Å². The van der Waals surface area contributed by atoms with Gasteiger partial charge in [-0.05, 0) is 43.0 Å². The Hall–Kier alpha value is -2.59. The molecule has 1 aromatic carbocycles. The average molecular weight is 539 g/mol. The highest BCUT2D eigenvalue weighted by Crippen LogP contribution is 2.43. The zero-order valence-corrected chi connectivity index (χ0v) is 24.8. The summed E-state index contributed by atoms with van der Waals surface area (Å²) < 4.78 is 17.4. The van der Waals surface area contributed by atoms with E-state index in [2.05, 4.69) is 52.2 Å². The molecule has 37 heavy (non-hydrogen) atoms. The summed E-state index contributed by atoms with van der Waals surface area (Å²) in [6.07, 6.45) is -2.17. The average Bonchev–Trinajstić information content (AvgIpc) is 2.77. The van der Waals surface area contributed by atoms with Gasteiger partial charge in [0.1, 0.15) is 18.2 Å². The molecule has 0 bridgehead atoms. The second-order valence-electron chi connectivity index (χ2n) is 11.3. The minimum atomic E-state index is -2.44. The highest BCUT2D eigenvalue weighted by atomic mass is 28.4. The molecule has 3 N–H and O–H groups in total. The van der Waals surface area contributed by atoms with Gasteiger partial charge in [-0.3, -0.25) is 0 Å². The van der Waals surface area contributed by atoms with E-state index in [1.807, 2.05) is 30.3 Å². The van der Waals surface area contributed by atoms with Crippen molar-refractivity contribution in [3.8, 4) is 0 Å². The molecule has 0 fully saturated rings. The summed E-state index contributed by atoms with van der Waals surface area (Å²) in [5.74, 6) is -1.21. The molecule has 0 spiro atoms. The summed E-state index contributed by atoms with van der Waals surface area (Å²) in [5.41, 5.74) is 0.789. The van der Waals surface area contributed by atoms with Gasteiger partial charge in [0, 0.05) is 13.0 Å². The van der Waals surface area contributed by atoms with Crippen LogP contribution in [0, 0.1) is 0 Å². The summed E-state index contributed by atoms with van der Waals surface area (Å²) >= 11 is 0. The molecule has 0 aromatic heterocycles. The van der Waals surface area contributed by atoms with Crippen molar-refractivity contribution < 1.29 is 33.4 Å². The Balaban J connectivity index is 3.09. The molecule has 0 aliphatic carbocycles. The number of carboxylic acids is 1. The normalized spacial score (nSPS) is 13.8. The van der Waals surface area contributed by atoms with Gasteiger partial charge in [0.05, 0.1) is 6.10 Å². The Labute approximate surface area is 222 Å². The standard InChI is InChI=1S/C27H46N2O7Si/c1-18(2)37(19(3)4,20(5)6)36-22(15-23(24(30)31)29-26(33)35-27(7,8)9)16-28-25(32)34-17-21-13-11-10-12-14-21/h10-14,18-20,22-23H,15-17H2,1-9H3,(H,28,32)(H,29,33)(H,30,31)/t22-,23-/m0/s1. The fraction of sp³-hybridized carbons (Fsp3) is 0.667. The molecular weight excluding hydrogens is 492 g/mol. The third-order valence-electron chi connectivity index (χ3n) is 6.25. The van der Waals surface area contributed by atoms with Gasteiger partial charge in [-0.2, -0.15) is 0 Å². The van der Waals surface area contributed by atoms with Crippen LogP contribution in [0.2, 0.25) is 16.6 Å². The fourth-order valence-electron chi connectivity index (χ4n) is 4.78. The topological polar surface area (TPSA) is 123 Å². The maximum atomic E-state index is 12.5. The van der Waals surface area contributed by atoms with E-state index in [1.54, 1.807) is 20.8 Å². The van der Waals surface area contributed by atoms with E-state index >= 15 is 0 Å². The molecule has 9 nitrogen and oxygen atoms in total. The molecule has 210 valence electrons. The number of hydrogen-bond acceptors (Lipinski definition) is 6. The van der Waals surface area contributed by atoms with Gasteiger partial charge in [-0.1, -0.05) is 71.9 Å². The number of hydrogen-bond donors (Lipinski definition) is 3. The Morgan fingerprint density at radius 1 is 0.919 bits per heavy atom. The lowest BCUT2D eigenvalue weighted by Gasteiger charge is -2.45. The van der Waals surface area contributed by atoms with Gasteiger partial charge < -0.3 is 29.6 Å². The lowest BCUT2D eigenvalue weighted by atomic mass is 10.1. The van der Waals surface area contributed by atoms with E-state index in [0.29, 0.717) is 0 Å². The summed E-state index contributed by atoms with van der Waals surface area (Å²) in [4.78, 5) is 36.9. The second-order valence-corrected chi connectivity index (χ2v) is 16.7. The summed E-state index contributed by atoms with van der Waals surface area (Å²) in [6, 6.07) is 8.04. The number of rotatable bonds is 13. The molecule has 0 saturated carbocycles. The molecule has 0 radical (unpaired) electrons. The quantitative estimate of drug-likeness (QED) is 0.270. The van der Waals surface area contributed by atoms with Crippen molar-refractivity contribution in [2.24, 2.45) is 0 Å². The van der Waals surface area contributed by atoms with Gasteiger partial charge in [0.25, 0.3) is 0 Å². The highest BCUT2D eigenvalue weighted by Gasteiger charge is 2.47. The number of nitrogens with one attached hydrogen (secondary N) is 2. The van der Waals surface area contributed by atoms with Crippen LogP contribution in [0.25, 0.3) is 0 Å². The van der Waals surface area contributed by atoms with E-state index in [4.69, 9.17) is 13.9 Å². The van der Waals surface area contributed by atoms with Crippen LogP contribution in [-0.2, 0) is 25.3 Å². The smallest absolute Gasteiger partial charge is 0.408 e. The molecular formula is C27H46N2O7Si. The first-order valence-electron chi connectivity index (χ1n) is 12.9. The first-order chi connectivity index (χ1) is 17.1. The van der Waals surface area contributed by atoms with Gasteiger partial charge >= 0.3 is 18.2 Å². The zero-order valence-electron chi connectivity index (χ0n) is 23.8. The van der Waals surface area contributed by atoms with Crippen molar-refractivity contribution in [1.82, 2.24) is 10.6 Å². The molecule has 10 heteroatoms. The third-order valence-corrected chi connectivity index (χ3v) is 12.4. The van der Waals surface area contributed by atoms with Crippen LogP contribution < -0.4 is 10.6 Å². The molecule has 0 aliphatic rings. The lowest BCUT2D eigenvalue weighted by Crippen LogP contribution is -2.54. The van der Waals surface area contributed by atoms with Crippen LogP contribution >= 0.6 is 0 Å². The van der Waals surface area contributed by atoms with Gasteiger partial charge in [0.2, 0.25) is 8.32 Å². The molecule has 0 saturated heterocycles. The van der Waals surface area contributed by atoms with Crippen molar-refractivity contribution in [3.05, 3.63) is 35.9 Å². The Bertz CT molecular complexity index is 847. The molecule has 1 aromatic rings. The first kappa shape index (κ1) is 32.4. The summed E-state index contributed by atoms with van der Waals surface area (Å²) in [7, 11) is -2.44. The van der Waals surface area contributed by atoms with Crippen LogP contribution in [0.4, 0.5) is 9.59 Å². The summed E-state index contributed by atoms with van der Waals surface area (Å²) in [6.45, 7) is 18.0. The van der Waals surface area contributed by atoms with Crippen molar-refractivity contribution in [2.45, 2.75) is 110 Å². The van der Waals surface area contributed by atoms with E-state index < -0.39 is 44.2 Å². The first-order valence-corrected chi connectivity index (χ1v) is 15.1. The number of benzene rings is 1.